The lowest BCUT2D eigenvalue weighted by atomic mass is 9.99. The molecule has 0 radical (unpaired) electrons. The molecule has 0 unspecified atom stereocenters. The quantitative estimate of drug-likeness (QED) is 0.533. The Labute approximate surface area is 181 Å². The number of pyridine rings is 1. The van der Waals surface area contributed by atoms with E-state index in [0.29, 0.717) is 5.69 Å². The van der Waals surface area contributed by atoms with Crippen LogP contribution in [0.15, 0.2) is 48.9 Å². The molecule has 5 rings (SSSR count). The smallest absolute Gasteiger partial charge is 0.270 e. The number of nitrogens with zero attached hydrogens (tertiary/aromatic N) is 4. The van der Waals surface area contributed by atoms with Crippen LogP contribution in [-0.4, -0.2) is 43.9 Å². The van der Waals surface area contributed by atoms with Crippen molar-refractivity contribution in [1.82, 2.24) is 18.9 Å². The van der Waals surface area contributed by atoms with Crippen LogP contribution in [0.5, 0.6) is 0 Å². The van der Waals surface area contributed by atoms with Crippen LogP contribution in [0, 0.1) is 6.92 Å². The zero-order chi connectivity index (χ0) is 20.1. The summed E-state index contributed by atoms with van der Waals surface area (Å²) in [6.07, 6.45) is 5.54. The molecule has 0 aliphatic carbocycles. The number of aryl methyl sites for hydroxylation is 2. The maximum absolute atomic E-state index is 13.1. The van der Waals surface area contributed by atoms with Crippen LogP contribution in [-0.2, 0) is 7.05 Å². The predicted octanol–water partition coefficient (Wildman–Crippen LogP) is 3.79. The first-order valence-electron chi connectivity index (χ1n) is 10.1. The Morgan fingerprint density at radius 1 is 1.10 bits per heavy atom. The molecule has 1 fully saturated rings. The van der Waals surface area contributed by atoms with Gasteiger partial charge in [0.05, 0.1) is 22.9 Å². The lowest BCUT2D eigenvalue weighted by Crippen LogP contribution is -2.43. The number of fused-ring (bicyclic) bond motifs is 2. The van der Waals surface area contributed by atoms with Gasteiger partial charge in [0.25, 0.3) is 5.91 Å². The Kier molecular flexibility index (Phi) is 5.30. The van der Waals surface area contributed by atoms with Gasteiger partial charge in [-0.15, -0.1) is 12.4 Å². The number of rotatable bonds is 2. The third-order valence-electron chi connectivity index (χ3n) is 6.10. The maximum Gasteiger partial charge on any atom is 0.270 e. The zero-order valence-electron chi connectivity index (χ0n) is 17.2. The predicted molar refractivity (Wildman–Crippen MR) is 122 cm³/mol. The van der Waals surface area contributed by atoms with E-state index in [-0.39, 0.29) is 24.4 Å². The molecule has 3 aromatic heterocycles. The number of halogens is 1. The SMILES string of the molecule is Cc1cc2c(cc1-c1cccn3c(C(=O)N4CCC(N)CC4)ccc13)ncn2C.Cl. The number of carbonyl (C=O) groups is 1. The van der Waals surface area contributed by atoms with Crippen molar-refractivity contribution >= 4 is 34.9 Å². The van der Waals surface area contributed by atoms with Crippen LogP contribution < -0.4 is 5.73 Å². The Bertz CT molecular complexity index is 1230. The number of carbonyl (C=O) groups excluding carboxylic acids is 1. The molecule has 4 heterocycles. The average molecular weight is 424 g/mol. The summed E-state index contributed by atoms with van der Waals surface area (Å²) in [6.45, 7) is 3.57. The number of nitrogens with two attached hydrogens (primary N) is 1. The fourth-order valence-corrected chi connectivity index (χ4v) is 4.37. The number of benzene rings is 1. The highest BCUT2D eigenvalue weighted by Crippen LogP contribution is 2.32. The van der Waals surface area contributed by atoms with E-state index in [1.54, 1.807) is 0 Å². The average Bonchev–Trinajstić information content (AvgIpc) is 3.31. The van der Waals surface area contributed by atoms with Crippen molar-refractivity contribution in [1.29, 1.82) is 0 Å². The number of likely N-dealkylation sites (tertiary alicyclic amines) is 1. The summed E-state index contributed by atoms with van der Waals surface area (Å²) in [6, 6.07) is 12.6. The monoisotopic (exact) mass is 423 g/mol. The van der Waals surface area contributed by atoms with Gasteiger partial charge in [-0.2, -0.15) is 0 Å². The molecule has 0 spiro atoms. The van der Waals surface area contributed by atoms with Crippen LogP contribution in [0.25, 0.3) is 27.7 Å². The summed E-state index contributed by atoms with van der Waals surface area (Å²) >= 11 is 0. The number of amides is 1. The summed E-state index contributed by atoms with van der Waals surface area (Å²) in [5.41, 5.74) is 13.3. The van der Waals surface area contributed by atoms with Crippen molar-refractivity contribution in [2.24, 2.45) is 12.8 Å². The number of piperidine rings is 1. The van der Waals surface area contributed by atoms with Gasteiger partial charge in [0, 0.05) is 37.9 Å². The fraction of sp³-hybridized carbons (Fsp3) is 0.304. The van der Waals surface area contributed by atoms with Gasteiger partial charge in [0.1, 0.15) is 5.69 Å². The van der Waals surface area contributed by atoms with E-state index in [1.807, 2.05) is 51.6 Å². The van der Waals surface area contributed by atoms with Crippen molar-refractivity contribution in [2.45, 2.75) is 25.8 Å². The van der Waals surface area contributed by atoms with Crippen molar-refractivity contribution in [2.75, 3.05) is 13.1 Å². The van der Waals surface area contributed by atoms with Crippen molar-refractivity contribution in [3.8, 4) is 11.1 Å². The minimum absolute atomic E-state index is 0. The summed E-state index contributed by atoms with van der Waals surface area (Å²) in [4.78, 5) is 19.6. The van der Waals surface area contributed by atoms with E-state index in [0.717, 1.165) is 53.6 Å². The van der Waals surface area contributed by atoms with Gasteiger partial charge in [-0.05, 0) is 61.2 Å². The molecule has 0 saturated carbocycles. The largest absolute Gasteiger partial charge is 0.337 e. The second-order valence-corrected chi connectivity index (χ2v) is 8.04. The Morgan fingerprint density at radius 3 is 2.63 bits per heavy atom. The van der Waals surface area contributed by atoms with Crippen LogP contribution in [0.1, 0.15) is 28.9 Å². The third kappa shape index (κ3) is 3.26. The zero-order valence-corrected chi connectivity index (χ0v) is 18.0. The van der Waals surface area contributed by atoms with Crippen molar-refractivity contribution in [3.05, 3.63) is 60.2 Å². The standard InChI is InChI=1S/C23H25N5O.ClH/c1-15-12-22-19(25-14-26(22)2)13-18(15)17-4-3-9-28-20(17)5-6-21(28)23(29)27-10-7-16(24)8-11-27;/h3-6,9,12-14,16H,7-8,10-11,24H2,1-2H3;1H. The van der Waals surface area contributed by atoms with Gasteiger partial charge < -0.3 is 19.6 Å². The first-order chi connectivity index (χ1) is 14.0. The molecule has 156 valence electrons. The molecular formula is C23H26ClN5O. The number of hydrogen-bond acceptors (Lipinski definition) is 3. The van der Waals surface area contributed by atoms with Crippen LogP contribution >= 0.6 is 12.4 Å². The maximum atomic E-state index is 13.1. The van der Waals surface area contributed by atoms with Gasteiger partial charge in [-0.3, -0.25) is 4.79 Å². The molecular weight excluding hydrogens is 398 g/mol. The van der Waals surface area contributed by atoms with E-state index in [2.05, 4.69) is 30.1 Å². The minimum Gasteiger partial charge on any atom is -0.337 e. The van der Waals surface area contributed by atoms with Gasteiger partial charge >= 0.3 is 0 Å². The molecule has 30 heavy (non-hydrogen) atoms. The fourth-order valence-electron chi connectivity index (χ4n) is 4.37. The third-order valence-corrected chi connectivity index (χ3v) is 6.10. The second-order valence-electron chi connectivity index (χ2n) is 8.04. The first-order valence-corrected chi connectivity index (χ1v) is 10.1. The molecule has 6 nitrogen and oxygen atoms in total. The van der Waals surface area contributed by atoms with Gasteiger partial charge in [-0.25, -0.2) is 4.98 Å². The lowest BCUT2D eigenvalue weighted by Gasteiger charge is -2.30. The van der Waals surface area contributed by atoms with E-state index in [1.165, 1.54) is 5.56 Å². The minimum atomic E-state index is 0. The van der Waals surface area contributed by atoms with Crippen LogP contribution in [0.4, 0.5) is 0 Å². The van der Waals surface area contributed by atoms with E-state index in [4.69, 9.17) is 5.73 Å². The van der Waals surface area contributed by atoms with Crippen LogP contribution in [0.3, 0.4) is 0 Å². The van der Waals surface area contributed by atoms with E-state index in [9.17, 15) is 4.79 Å². The molecule has 1 saturated heterocycles. The Morgan fingerprint density at radius 2 is 1.87 bits per heavy atom. The van der Waals surface area contributed by atoms with Crippen molar-refractivity contribution in [3.63, 3.8) is 0 Å². The molecule has 1 amide bonds. The normalized spacial score (nSPS) is 15.0. The molecule has 1 aliphatic heterocycles. The topological polar surface area (TPSA) is 68.6 Å². The molecule has 1 aliphatic rings. The van der Waals surface area contributed by atoms with Crippen molar-refractivity contribution < 1.29 is 4.79 Å². The van der Waals surface area contributed by atoms with Crippen LogP contribution in [0.2, 0.25) is 0 Å². The molecule has 2 N–H and O–H groups in total. The molecule has 7 heteroatoms. The summed E-state index contributed by atoms with van der Waals surface area (Å²) in [5.74, 6) is 0.0750. The highest BCUT2D eigenvalue weighted by atomic mass is 35.5. The Hall–Kier alpha value is -2.83. The number of hydrogen-bond donors (Lipinski definition) is 1. The van der Waals surface area contributed by atoms with Gasteiger partial charge in [0.15, 0.2) is 0 Å². The summed E-state index contributed by atoms with van der Waals surface area (Å²) in [5, 5.41) is 0. The summed E-state index contributed by atoms with van der Waals surface area (Å²) < 4.78 is 4.04. The van der Waals surface area contributed by atoms with Gasteiger partial charge in [0.2, 0.25) is 0 Å². The molecule has 1 aromatic carbocycles. The van der Waals surface area contributed by atoms with E-state index < -0.39 is 0 Å². The highest BCUT2D eigenvalue weighted by molar-refractivity contribution is 5.96. The molecule has 4 aromatic rings. The first kappa shape index (κ1) is 20.4. The van der Waals surface area contributed by atoms with Gasteiger partial charge in [-0.1, -0.05) is 6.07 Å². The number of imidazole rings is 1. The lowest BCUT2D eigenvalue weighted by molar-refractivity contribution is 0.0708. The highest BCUT2D eigenvalue weighted by Gasteiger charge is 2.24. The van der Waals surface area contributed by atoms with E-state index >= 15 is 0 Å². The molecule has 0 atom stereocenters. The summed E-state index contributed by atoms with van der Waals surface area (Å²) in [7, 11) is 2.01. The Balaban J connectivity index is 0.00000218. The second kappa shape index (κ2) is 7.78. The molecule has 0 bridgehead atoms. The number of aromatic nitrogens is 3.